The Morgan fingerprint density at radius 1 is 1.19 bits per heavy atom. The number of thioether (sulfide) groups is 1. The minimum absolute atomic E-state index is 0.0599. The van der Waals surface area contributed by atoms with Crippen LogP contribution in [0.15, 0.2) is 47.6 Å². The van der Waals surface area contributed by atoms with E-state index in [0.29, 0.717) is 28.8 Å². The normalized spacial score (nSPS) is 10.8. The summed E-state index contributed by atoms with van der Waals surface area (Å²) in [6.45, 7) is 2.41. The van der Waals surface area contributed by atoms with Gasteiger partial charge in [0.25, 0.3) is 0 Å². The molecule has 27 heavy (non-hydrogen) atoms. The molecule has 0 aliphatic rings. The topological polar surface area (TPSA) is 59.8 Å². The van der Waals surface area contributed by atoms with Crippen LogP contribution in [0.2, 0.25) is 5.02 Å². The predicted octanol–water partition coefficient (Wildman–Crippen LogP) is 4.63. The number of benzene rings is 2. The lowest BCUT2D eigenvalue weighted by Crippen LogP contribution is -2.14. The Labute approximate surface area is 163 Å². The number of hydrogen-bond donors (Lipinski definition) is 1. The number of halogens is 3. The highest BCUT2D eigenvalue weighted by atomic mass is 35.5. The fraction of sp³-hybridized carbons (Fsp3) is 0.167. The molecule has 9 heteroatoms. The average Bonchev–Trinajstić information content (AvgIpc) is 3.06. The Morgan fingerprint density at radius 3 is 2.67 bits per heavy atom. The summed E-state index contributed by atoms with van der Waals surface area (Å²) in [5.74, 6) is -0.780. The van der Waals surface area contributed by atoms with Crippen molar-refractivity contribution in [3.05, 3.63) is 59.1 Å². The third kappa shape index (κ3) is 4.45. The quantitative estimate of drug-likeness (QED) is 0.604. The van der Waals surface area contributed by atoms with E-state index in [1.54, 1.807) is 22.8 Å². The Morgan fingerprint density at radius 2 is 1.96 bits per heavy atom. The summed E-state index contributed by atoms with van der Waals surface area (Å²) in [4.78, 5) is 12.1. The lowest BCUT2D eigenvalue weighted by Gasteiger charge is -2.08. The van der Waals surface area contributed by atoms with Crippen LogP contribution in [-0.2, 0) is 11.3 Å². The summed E-state index contributed by atoms with van der Waals surface area (Å²) in [6.07, 6.45) is 0. The Kier molecular flexibility index (Phi) is 6.08. The minimum atomic E-state index is -0.555. The van der Waals surface area contributed by atoms with Crippen LogP contribution in [0, 0.1) is 11.6 Å². The maximum Gasteiger partial charge on any atom is 0.234 e. The number of hydrogen-bond acceptors (Lipinski definition) is 4. The highest BCUT2D eigenvalue weighted by Crippen LogP contribution is 2.26. The number of aromatic nitrogens is 3. The van der Waals surface area contributed by atoms with Gasteiger partial charge in [-0.25, -0.2) is 8.78 Å². The van der Waals surface area contributed by atoms with Crippen LogP contribution >= 0.6 is 23.4 Å². The zero-order valence-electron chi connectivity index (χ0n) is 14.2. The van der Waals surface area contributed by atoms with Gasteiger partial charge in [-0.3, -0.25) is 4.79 Å². The van der Waals surface area contributed by atoms with Gasteiger partial charge in [-0.15, -0.1) is 10.2 Å². The first-order chi connectivity index (χ1) is 13.0. The van der Waals surface area contributed by atoms with E-state index in [1.807, 2.05) is 6.92 Å². The number of anilines is 1. The fourth-order valence-electron chi connectivity index (χ4n) is 2.42. The third-order valence-electron chi connectivity index (χ3n) is 3.68. The van der Waals surface area contributed by atoms with Crippen molar-refractivity contribution in [1.29, 1.82) is 0 Å². The van der Waals surface area contributed by atoms with Crippen LogP contribution in [0.5, 0.6) is 0 Å². The molecular weight excluding hydrogens is 394 g/mol. The second-order valence-electron chi connectivity index (χ2n) is 5.50. The molecule has 0 bridgehead atoms. The molecule has 0 atom stereocenters. The molecule has 0 saturated carbocycles. The van der Waals surface area contributed by atoms with Crippen molar-refractivity contribution in [1.82, 2.24) is 14.8 Å². The van der Waals surface area contributed by atoms with Gasteiger partial charge < -0.3 is 9.88 Å². The summed E-state index contributed by atoms with van der Waals surface area (Å²) < 4.78 is 28.9. The highest BCUT2D eigenvalue weighted by Gasteiger charge is 2.17. The van der Waals surface area contributed by atoms with Gasteiger partial charge in [0.15, 0.2) is 11.0 Å². The summed E-state index contributed by atoms with van der Waals surface area (Å²) in [7, 11) is 0. The summed E-state index contributed by atoms with van der Waals surface area (Å²) >= 11 is 6.88. The van der Waals surface area contributed by atoms with E-state index >= 15 is 0 Å². The molecule has 1 heterocycles. The largest absolute Gasteiger partial charge is 0.325 e. The van der Waals surface area contributed by atoms with Gasteiger partial charge in [0.2, 0.25) is 5.91 Å². The van der Waals surface area contributed by atoms with E-state index in [9.17, 15) is 13.6 Å². The third-order valence-corrected chi connectivity index (χ3v) is 4.94. The van der Waals surface area contributed by atoms with Gasteiger partial charge in [-0.2, -0.15) is 0 Å². The molecule has 140 valence electrons. The molecule has 0 spiro atoms. The molecule has 3 rings (SSSR count). The Balaban J connectivity index is 1.70. The second kappa shape index (κ2) is 8.49. The van der Waals surface area contributed by atoms with E-state index < -0.39 is 5.82 Å². The summed E-state index contributed by atoms with van der Waals surface area (Å²) in [5, 5.41) is 11.2. The lowest BCUT2D eigenvalue weighted by atomic mass is 10.2. The van der Waals surface area contributed by atoms with Crippen LogP contribution in [0.25, 0.3) is 11.4 Å². The van der Waals surface area contributed by atoms with Gasteiger partial charge in [-0.1, -0.05) is 35.5 Å². The molecule has 0 aliphatic carbocycles. The fourth-order valence-corrected chi connectivity index (χ4v) is 3.41. The smallest absolute Gasteiger partial charge is 0.234 e. The molecule has 0 saturated heterocycles. The van der Waals surface area contributed by atoms with Gasteiger partial charge >= 0.3 is 0 Å². The first-order valence-corrected chi connectivity index (χ1v) is 9.41. The first-order valence-electron chi connectivity index (χ1n) is 8.05. The minimum Gasteiger partial charge on any atom is -0.325 e. The summed E-state index contributed by atoms with van der Waals surface area (Å²) in [5.41, 5.74) is 0.750. The molecule has 2 aromatic carbocycles. The van der Waals surface area contributed by atoms with E-state index in [0.717, 1.165) is 0 Å². The van der Waals surface area contributed by atoms with Gasteiger partial charge in [-0.05, 0) is 37.3 Å². The zero-order valence-corrected chi connectivity index (χ0v) is 15.8. The molecule has 0 fully saturated rings. The first kappa shape index (κ1) is 19.3. The number of carbonyl (C=O) groups is 1. The second-order valence-corrected chi connectivity index (χ2v) is 6.85. The van der Waals surface area contributed by atoms with Crippen LogP contribution in [0.4, 0.5) is 14.5 Å². The van der Waals surface area contributed by atoms with Crippen molar-refractivity contribution in [2.24, 2.45) is 0 Å². The van der Waals surface area contributed by atoms with Crippen molar-refractivity contribution in [3.63, 3.8) is 0 Å². The van der Waals surface area contributed by atoms with Crippen LogP contribution < -0.4 is 5.32 Å². The molecule has 0 unspecified atom stereocenters. The molecule has 5 nitrogen and oxygen atoms in total. The number of carbonyl (C=O) groups excluding carboxylic acids is 1. The molecule has 0 radical (unpaired) electrons. The van der Waals surface area contributed by atoms with E-state index in [4.69, 9.17) is 11.6 Å². The Bertz CT molecular complexity index is 980. The van der Waals surface area contributed by atoms with Gasteiger partial charge in [0.05, 0.1) is 16.3 Å². The number of rotatable bonds is 6. The standard InChI is InChI=1S/C18H15ClF2N4OS/c1-2-25-17(12-5-3-4-6-14(12)20)23-24-18(25)27-10-16(26)22-11-7-8-15(21)13(19)9-11/h3-9H,2,10H2,1H3,(H,22,26). The SMILES string of the molecule is CCn1c(SCC(=O)Nc2ccc(F)c(Cl)c2)nnc1-c1ccccc1F. The zero-order chi connectivity index (χ0) is 19.4. The van der Waals surface area contributed by atoms with Crippen LogP contribution in [0.1, 0.15) is 6.92 Å². The van der Waals surface area contributed by atoms with Crippen molar-refractivity contribution in [3.8, 4) is 11.4 Å². The maximum atomic E-state index is 14.0. The number of nitrogens with one attached hydrogen (secondary N) is 1. The monoisotopic (exact) mass is 408 g/mol. The van der Waals surface area contributed by atoms with E-state index in [-0.39, 0.29) is 22.5 Å². The molecular formula is C18H15ClF2N4OS. The Hall–Kier alpha value is -2.45. The number of nitrogens with zero attached hydrogens (tertiary/aromatic N) is 3. The van der Waals surface area contributed by atoms with Crippen molar-refractivity contribution in [2.75, 3.05) is 11.1 Å². The lowest BCUT2D eigenvalue weighted by molar-refractivity contribution is -0.113. The molecule has 1 N–H and O–H groups in total. The molecule has 3 aromatic rings. The van der Waals surface area contributed by atoms with E-state index in [2.05, 4.69) is 15.5 Å². The van der Waals surface area contributed by atoms with Crippen molar-refractivity contribution in [2.45, 2.75) is 18.6 Å². The predicted molar refractivity (Wildman–Crippen MR) is 102 cm³/mol. The van der Waals surface area contributed by atoms with Crippen LogP contribution in [-0.4, -0.2) is 26.4 Å². The van der Waals surface area contributed by atoms with E-state index in [1.165, 1.54) is 36.0 Å². The highest BCUT2D eigenvalue weighted by molar-refractivity contribution is 7.99. The van der Waals surface area contributed by atoms with Crippen molar-refractivity contribution >= 4 is 35.0 Å². The van der Waals surface area contributed by atoms with Gasteiger partial charge in [0, 0.05) is 12.2 Å². The molecule has 1 aromatic heterocycles. The van der Waals surface area contributed by atoms with Crippen LogP contribution in [0.3, 0.4) is 0 Å². The molecule has 0 aliphatic heterocycles. The summed E-state index contributed by atoms with van der Waals surface area (Å²) in [6, 6.07) is 10.3. The van der Waals surface area contributed by atoms with Gasteiger partial charge in [0.1, 0.15) is 11.6 Å². The number of amides is 1. The average molecular weight is 409 g/mol. The maximum absolute atomic E-state index is 14.0. The van der Waals surface area contributed by atoms with Crippen molar-refractivity contribution < 1.29 is 13.6 Å². The molecule has 1 amide bonds.